The molecule has 0 rings (SSSR count). The summed E-state index contributed by atoms with van der Waals surface area (Å²) in [4.78, 5) is 0. The predicted octanol–water partition coefficient (Wildman–Crippen LogP) is 2.09. The third-order valence-electron chi connectivity index (χ3n) is 2.49. The van der Waals surface area contributed by atoms with Gasteiger partial charge in [-0.2, -0.15) is 0 Å². The Labute approximate surface area is 75.8 Å². The molecule has 12 heavy (non-hydrogen) atoms. The third kappa shape index (κ3) is 2.32. The second kappa shape index (κ2) is 5.33. The molecular weight excluding hydrogens is 150 g/mol. The van der Waals surface area contributed by atoms with Gasteiger partial charge in [0.1, 0.15) is 0 Å². The van der Waals surface area contributed by atoms with Gasteiger partial charge in [0, 0.05) is 6.61 Å². The minimum absolute atomic E-state index is 0.0625. The molecule has 0 aromatic heterocycles. The molecule has 0 spiro atoms. The Morgan fingerprint density at radius 1 is 1.42 bits per heavy atom. The van der Waals surface area contributed by atoms with Crippen molar-refractivity contribution in [3.8, 4) is 0 Å². The highest BCUT2D eigenvalue weighted by Crippen LogP contribution is 2.24. The first-order valence-corrected chi connectivity index (χ1v) is 4.68. The van der Waals surface area contributed by atoms with Crippen molar-refractivity contribution in [3.05, 3.63) is 12.7 Å². The molecule has 0 saturated heterocycles. The lowest BCUT2D eigenvalue weighted by Crippen LogP contribution is -2.48. The molecule has 0 bridgehead atoms. The molecule has 0 radical (unpaired) electrons. The van der Waals surface area contributed by atoms with E-state index in [0.717, 1.165) is 12.8 Å². The van der Waals surface area contributed by atoms with Crippen LogP contribution in [0, 0.1) is 0 Å². The van der Waals surface area contributed by atoms with Crippen LogP contribution in [0.1, 0.15) is 33.6 Å². The van der Waals surface area contributed by atoms with E-state index in [1.807, 2.05) is 6.92 Å². The summed E-state index contributed by atoms with van der Waals surface area (Å²) in [6.07, 6.45) is 3.64. The smallest absolute Gasteiger partial charge is 0.0862 e. The lowest BCUT2D eigenvalue weighted by atomic mass is 9.89. The van der Waals surface area contributed by atoms with Crippen molar-refractivity contribution in [2.75, 3.05) is 6.61 Å². The van der Waals surface area contributed by atoms with Crippen LogP contribution in [0.15, 0.2) is 12.7 Å². The first kappa shape index (κ1) is 11.7. The van der Waals surface area contributed by atoms with E-state index in [4.69, 9.17) is 10.5 Å². The van der Waals surface area contributed by atoms with Gasteiger partial charge in [-0.05, 0) is 19.8 Å². The normalized spacial score (nSPS) is 14.3. The molecule has 0 saturated carbocycles. The van der Waals surface area contributed by atoms with Crippen LogP contribution in [0.2, 0.25) is 0 Å². The Balaban J connectivity index is 4.43. The van der Waals surface area contributed by atoms with Gasteiger partial charge in [0.05, 0.1) is 11.6 Å². The Morgan fingerprint density at radius 2 is 1.92 bits per heavy atom. The van der Waals surface area contributed by atoms with Gasteiger partial charge in [0.25, 0.3) is 0 Å². The minimum Gasteiger partial charge on any atom is -0.373 e. The fraction of sp³-hybridized carbons (Fsp3) is 0.800. The van der Waals surface area contributed by atoms with Crippen LogP contribution in [0.4, 0.5) is 0 Å². The first-order valence-electron chi connectivity index (χ1n) is 4.68. The molecule has 0 amide bonds. The van der Waals surface area contributed by atoms with Crippen LogP contribution >= 0.6 is 0 Å². The average molecular weight is 171 g/mol. The largest absolute Gasteiger partial charge is 0.373 e. The topological polar surface area (TPSA) is 35.2 Å². The van der Waals surface area contributed by atoms with E-state index in [1.165, 1.54) is 0 Å². The summed E-state index contributed by atoms with van der Waals surface area (Å²) < 4.78 is 5.68. The van der Waals surface area contributed by atoms with Crippen LogP contribution in [-0.2, 0) is 4.74 Å². The molecule has 0 aromatic rings. The quantitative estimate of drug-likeness (QED) is 0.621. The molecule has 0 aromatic carbocycles. The van der Waals surface area contributed by atoms with E-state index in [9.17, 15) is 0 Å². The van der Waals surface area contributed by atoms with Gasteiger partial charge in [-0.3, -0.25) is 0 Å². The maximum Gasteiger partial charge on any atom is 0.0862 e. The van der Waals surface area contributed by atoms with E-state index >= 15 is 0 Å². The molecule has 2 nitrogen and oxygen atoms in total. The summed E-state index contributed by atoms with van der Waals surface area (Å²) in [5, 5.41) is 0. The maximum absolute atomic E-state index is 5.92. The molecule has 1 atom stereocenters. The molecule has 0 fully saturated rings. The average Bonchev–Trinajstić information content (AvgIpc) is 2.13. The molecule has 72 valence electrons. The Bertz CT molecular complexity index is 130. The van der Waals surface area contributed by atoms with Gasteiger partial charge in [-0.1, -0.05) is 19.9 Å². The summed E-state index contributed by atoms with van der Waals surface area (Å²) in [5.41, 5.74) is 5.72. The molecule has 0 aliphatic rings. The predicted molar refractivity (Wildman–Crippen MR) is 53.1 cm³/mol. The number of hydrogen-bond donors (Lipinski definition) is 1. The van der Waals surface area contributed by atoms with Crippen LogP contribution in [0.3, 0.4) is 0 Å². The number of ether oxygens (including phenoxy) is 1. The second-order valence-electron chi connectivity index (χ2n) is 2.97. The second-order valence-corrected chi connectivity index (χ2v) is 2.97. The zero-order valence-electron chi connectivity index (χ0n) is 8.47. The minimum atomic E-state index is -0.198. The fourth-order valence-electron chi connectivity index (χ4n) is 1.52. The van der Waals surface area contributed by atoms with E-state index in [0.29, 0.717) is 6.61 Å². The van der Waals surface area contributed by atoms with E-state index in [-0.39, 0.29) is 11.6 Å². The summed E-state index contributed by atoms with van der Waals surface area (Å²) in [5.74, 6) is 0. The third-order valence-corrected chi connectivity index (χ3v) is 2.49. The van der Waals surface area contributed by atoms with Gasteiger partial charge in [-0.15, -0.1) is 6.58 Å². The van der Waals surface area contributed by atoms with E-state index in [2.05, 4.69) is 20.4 Å². The highest BCUT2D eigenvalue weighted by molar-refractivity contribution is 4.99. The van der Waals surface area contributed by atoms with Crippen molar-refractivity contribution in [2.24, 2.45) is 5.73 Å². The van der Waals surface area contributed by atoms with Crippen LogP contribution in [0.5, 0.6) is 0 Å². The maximum atomic E-state index is 5.92. The summed E-state index contributed by atoms with van der Waals surface area (Å²) in [6, 6.07) is -0.0625. The van der Waals surface area contributed by atoms with Gasteiger partial charge in [0.2, 0.25) is 0 Å². The van der Waals surface area contributed by atoms with Crippen LogP contribution in [0.25, 0.3) is 0 Å². The van der Waals surface area contributed by atoms with Crippen molar-refractivity contribution in [1.82, 2.24) is 0 Å². The summed E-state index contributed by atoms with van der Waals surface area (Å²) in [7, 11) is 0. The Hall–Kier alpha value is -0.340. The van der Waals surface area contributed by atoms with Crippen LogP contribution in [-0.4, -0.2) is 18.2 Å². The Kier molecular flexibility index (Phi) is 5.18. The zero-order valence-corrected chi connectivity index (χ0v) is 8.47. The standard InChI is InChI=1S/C10H21NO/c1-5-9(11)10(6-2,7-3)12-8-4/h5,9H,1,6-8,11H2,2-4H3. The summed E-state index contributed by atoms with van der Waals surface area (Å²) >= 11 is 0. The molecule has 0 heterocycles. The van der Waals surface area contributed by atoms with E-state index in [1.54, 1.807) is 6.08 Å². The SMILES string of the molecule is C=CC(N)C(CC)(CC)OCC. The van der Waals surface area contributed by atoms with Gasteiger partial charge < -0.3 is 10.5 Å². The van der Waals surface area contributed by atoms with Crippen molar-refractivity contribution < 1.29 is 4.74 Å². The number of hydrogen-bond acceptors (Lipinski definition) is 2. The zero-order chi connectivity index (χ0) is 9.61. The molecule has 2 heteroatoms. The molecule has 1 unspecified atom stereocenters. The van der Waals surface area contributed by atoms with Gasteiger partial charge in [0.15, 0.2) is 0 Å². The summed E-state index contributed by atoms with van der Waals surface area (Å²) in [6.45, 7) is 10.6. The lowest BCUT2D eigenvalue weighted by Gasteiger charge is -2.35. The van der Waals surface area contributed by atoms with E-state index < -0.39 is 0 Å². The van der Waals surface area contributed by atoms with Crippen molar-refractivity contribution in [1.29, 1.82) is 0 Å². The van der Waals surface area contributed by atoms with Crippen molar-refractivity contribution in [3.63, 3.8) is 0 Å². The first-order chi connectivity index (χ1) is 5.66. The van der Waals surface area contributed by atoms with Crippen LogP contribution < -0.4 is 5.73 Å². The monoisotopic (exact) mass is 171 g/mol. The molecular formula is C10H21NO. The Morgan fingerprint density at radius 3 is 2.17 bits per heavy atom. The number of nitrogens with two attached hydrogens (primary N) is 1. The van der Waals surface area contributed by atoms with Gasteiger partial charge in [-0.25, -0.2) is 0 Å². The fourth-order valence-corrected chi connectivity index (χ4v) is 1.52. The molecule has 2 N–H and O–H groups in total. The molecule has 0 aliphatic heterocycles. The van der Waals surface area contributed by atoms with Gasteiger partial charge >= 0.3 is 0 Å². The van der Waals surface area contributed by atoms with Crippen molar-refractivity contribution >= 4 is 0 Å². The number of rotatable bonds is 6. The highest BCUT2D eigenvalue weighted by atomic mass is 16.5. The highest BCUT2D eigenvalue weighted by Gasteiger charge is 2.31. The lowest BCUT2D eigenvalue weighted by molar-refractivity contribution is -0.0535. The van der Waals surface area contributed by atoms with Crippen molar-refractivity contribution in [2.45, 2.75) is 45.3 Å². The molecule has 0 aliphatic carbocycles.